The number of aliphatic hydroxyl groups excluding tert-OH is 1. The van der Waals surface area contributed by atoms with Crippen LogP contribution in [0, 0.1) is 5.41 Å². The van der Waals surface area contributed by atoms with Gasteiger partial charge in [0.1, 0.15) is 0 Å². The van der Waals surface area contributed by atoms with Crippen molar-refractivity contribution in [1.29, 1.82) is 5.41 Å². The van der Waals surface area contributed by atoms with E-state index in [0.717, 1.165) is 0 Å². The maximum atomic E-state index is 11.5. The van der Waals surface area contributed by atoms with Crippen LogP contribution in [0.4, 0.5) is 0 Å². The van der Waals surface area contributed by atoms with E-state index in [4.69, 9.17) is 16.9 Å². The molecule has 0 aliphatic carbocycles. The van der Waals surface area contributed by atoms with Gasteiger partial charge in [-0.2, -0.15) is 0 Å². The second-order valence-corrected chi connectivity index (χ2v) is 4.72. The van der Waals surface area contributed by atoms with Crippen molar-refractivity contribution >= 4 is 17.6 Å². The van der Waals surface area contributed by atoms with Crippen molar-refractivity contribution in [3.63, 3.8) is 0 Å². The zero-order valence-corrected chi connectivity index (χ0v) is 12.3. The van der Waals surface area contributed by atoms with Crippen LogP contribution in [0.5, 0.6) is 0 Å². The summed E-state index contributed by atoms with van der Waals surface area (Å²) in [6, 6.07) is -0.504. The van der Waals surface area contributed by atoms with Gasteiger partial charge in [0.2, 0.25) is 11.8 Å². The number of hydrogen-bond acceptors (Lipinski definition) is 5. The Bertz CT molecular complexity index is 384. The molecule has 8 nitrogen and oxygen atoms in total. The Kier molecular flexibility index (Phi) is 9.82. The molecule has 8 heteroatoms. The summed E-state index contributed by atoms with van der Waals surface area (Å²) in [5.41, 5.74) is 10.9. The minimum absolute atomic E-state index is 0.00638. The van der Waals surface area contributed by atoms with E-state index in [2.05, 4.69) is 10.6 Å². The van der Waals surface area contributed by atoms with E-state index in [1.54, 1.807) is 13.0 Å². The van der Waals surface area contributed by atoms with Crippen molar-refractivity contribution in [2.45, 2.75) is 38.3 Å². The molecule has 0 spiro atoms. The Morgan fingerprint density at radius 1 is 1.38 bits per heavy atom. The van der Waals surface area contributed by atoms with Crippen LogP contribution in [0.1, 0.15) is 26.2 Å². The fourth-order valence-corrected chi connectivity index (χ4v) is 1.59. The highest BCUT2D eigenvalue weighted by Gasteiger charge is 2.14. The monoisotopic (exact) mass is 299 g/mol. The summed E-state index contributed by atoms with van der Waals surface area (Å²) in [6.45, 7) is 2.10. The number of aliphatic hydroxyl groups is 1. The first-order valence-electron chi connectivity index (χ1n) is 6.79. The van der Waals surface area contributed by atoms with Gasteiger partial charge in [-0.25, -0.2) is 0 Å². The first kappa shape index (κ1) is 19.1. The molecule has 2 atom stereocenters. The van der Waals surface area contributed by atoms with Gasteiger partial charge in [-0.3, -0.25) is 15.0 Å². The van der Waals surface area contributed by atoms with Gasteiger partial charge >= 0.3 is 0 Å². The smallest absolute Gasteiger partial charge is 0.243 e. The quantitative estimate of drug-likeness (QED) is 0.166. The van der Waals surface area contributed by atoms with Crippen LogP contribution in [-0.2, 0) is 9.59 Å². The number of nitrogens with one attached hydrogen (secondary N) is 3. The van der Waals surface area contributed by atoms with Crippen molar-refractivity contribution in [1.82, 2.24) is 10.6 Å². The van der Waals surface area contributed by atoms with Crippen molar-refractivity contribution in [2.75, 3.05) is 13.1 Å². The van der Waals surface area contributed by atoms with Crippen LogP contribution in [-0.4, -0.2) is 48.0 Å². The number of amidine groups is 1. The Labute approximate surface area is 124 Å². The number of hydrogen-bond donors (Lipinski definition) is 6. The number of carbonyl (C=O) groups excluding carboxylic acids is 2. The number of amides is 2. The van der Waals surface area contributed by atoms with Gasteiger partial charge in [0, 0.05) is 32.0 Å². The van der Waals surface area contributed by atoms with E-state index in [9.17, 15) is 14.7 Å². The first-order valence-corrected chi connectivity index (χ1v) is 6.79. The number of allylic oxidation sites excluding steroid dienone is 1. The third kappa shape index (κ3) is 11.6. The SMILES string of the molecule is C/C=C/C(=O)NC[C@H](O)C[C@@H](N)CC(=O)NCCC(=N)N. The normalized spacial score (nSPS) is 13.7. The lowest BCUT2D eigenvalue weighted by molar-refractivity contribution is -0.121. The number of nitrogens with two attached hydrogens (primary N) is 2. The summed E-state index contributed by atoms with van der Waals surface area (Å²) in [6.07, 6.45) is 2.71. The average Bonchev–Trinajstić information content (AvgIpc) is 2.36. The molecule has 0 aliphatic rings. The molecule has 0 unspecified atom stereocenters. The zero-order valence-electron chi connectivity index (χ0n) is 12.3. The van der Waals surface area contributed by atoms with Crippen LogP contribution in [0.2, 0.25) is 0 Å². The van der Waals surface area contributed by atoms with Gasteiger partial charge in [0.05, 0.1) is 11.9 Å². The summed E-state index contributed by atoms with van der Waals surface area (Å²) >= 11 is 0. The molecule has 120 valence electrons. The molecular weight excluding hydrogens is 274 g/mol. The Morgan fingerprint density at radius 3 is 2.62 bits per heavy atom. The predicted octanol–water partition coefficient (Wildman–Crippen LogP) is -1.41. The Hall–Kier alpha value is -1.93. The van der Waals surface area contributed by atoms with Crippen molar-refractivity contribution < 1.29 is 14.7 Å². The van der Waals surface area contributed by atoms with Gasteiger partial charge in [-0.1, -0.05) is 6.08 Å². The molecule has 0 aliphatic heterocycles. The molecule has 2 amide bonds. The summed E-state index contributed by atoms with van der Waals surface area (Å²) in [7, 11) is 0. The molecule has 8 N–H and O–H groups in total. The standard InChI is InChI=1S/C13H25N5O3/c1-2-3-12(20)18-8-10(19)6-9(14)7-13(21)17-5-4-11(15)16/h2-3,9-10,19H,4-8,14H2,1H3,(H3,15,16)(H,17,21)(H,18,20)/b3-2+/t9-,10-/m1/s1. The largest absolute Gasteiger partial charge is 0.391 e. The minimum atomic E-state index is -0.806. The van der Waals surface area contributed by atoms with Crippen LogP contribution in [0.3, 0.4) is 0 Å². The van der Waals surface area contributed by atoms with Gasteiger partial charge in [-0.05, 0) is 19.4 Å². The second-order valence-electron chi connectivity index (χ2n) is 4.72. The molecule has 0 bridgehead atoms. The molecule has 0 radical (unpaired) electrons. The summed E-state index contributed by atoms with van der Waals surface area (Å²) in [4.78, 5) is 22.7. The van der Waals surface area contributed by atoms with E-state index in [0.29, 0.717) is 13.0 Å². The lowest BCUT2D eigenvalue weighted by Crippen LogP contribution is -2.38. The lowest BCUT2D eigenvalue weighted by Gasteiger charge is -2.16. The molecule has 0 aromatic carbocycles. The molecule has 0 aromatic heterocycles. The topological polar surface area (TPSA) is 154 Å². The second kappa shape index (κ2) is 10.8. The zero-order chi connectivity index (χ0) is 16.3. The molecular formula is C13H25N5O3. The van der Waals surface area contributed by atoms with E-state index in [1.165, 1.54) is 6.08 Å². The summed E-state index contributed by atoms with van der Waals surface area (Å²) in [5.74, 6) is -0.534. The lowest BCUT2D eigenvalue weighted by atomic mass is 10.1. The Balaban J connectivity index is 3.85. The van der Waals surface area contributed by atoms with Crippen LogP contribution >= 0.6 is 0 Å². The third-order valence-corrected chi connectivity index (χ3v) is 2.57. The van der Waals surface area contributed by atoms with Gasteiger partial charge in [-0.15, -0.1) is 0 Å². The van der Waals surface area contributed by atoms with Crippen LogP contribution in [0.25, 0.3) is 0 Å². The molecule has 21 heavy (non-hydrogen) atoms. The molecule has 0 saturated carbocycles. The maximum Gasteiger partial charge on any atom is 0.243 e. The molecule has 0 saturated heterocycles. The van der Waals surface area contributed by atoms with Crippen molar-refractivity contribution in [3.05, 3.63) is 12.2 Å². The third-order valence-electron chi connectivity index (χ3n) is 2.57. The maximum absolute atomic E-state index is 11.5. The van der Waals surface area contributed by atoms with Crippen molar-refractivity contribution in [3.8, 4) is 0 Å². The van der Waals surface area contributed by atoms with Crippen LogP contribution < -0.4 is 22.1 Å². The molecule has 0 rings (SSSR count). The van der Waals surface area contributed by atoms with Gasteiger partial charge < -0.3 is 27.2 Å². The number of carbonyl (C=O) groups is 2. The predicted molar refractivity (Wildman–Crippen MR) is 80.6 cm³/mol. The molecule has 0 fully saturated rings. The Morgan fingerprint density at radius 2 is 2.05 bits per heavy atom. The first-order chi connectivity index (χ1) is 9.85. The van der Waals surface area contributed by atoms with E-state index in [1.807, 2.05) is 0 Å². The minimum Gasteiger partial charge on any atom is -0.391 e. The van der Waals surface area contributed by atoms with Crippen molar-refractivity contribution in [2.24, 2.45) is 11.5 Å². The van der Waals surface area contributed by atoms with E-state index < -0.39 is 12.1 Å². The summed E-state index contributed by atoms with van der Waals surface area (Å²) < 4.78 is 0. The highest BCUT2D eigenvalue weighted by atomic mass is 16.3. The van der Waals surface area contributed by atoms with Crippen LogP contribution in [0.15, 0.2) is 12.2 Å². The van der Waals surface area contributed by atoms with Gasteiger partial charge in [0.25, 0.3) is 0 Å². The highest BCUT2D eigenvalue weighted by molar-refractivity contribution is 5.87. The summed E-state index contributed by atoms with van der Waals surface area (Å²) in [5, 5.41) is 21.8. The highest BCUT2D eigenvalue weighted by Crippen LogP contribution is 2.00. The fraction of sp³-hybridized carbons (Fsp3) is 0.615. The van der Waals surface area contributed by atoms with E-state index in [-0.39, 0.29) is 37.0 Å². The average molecular weight is 299 g/mol. The molecule has 0 aromatic rings. The molecule has 0 heterocycles. The van der Waals surface area contributed by atoms with Gasteiger partial charge in [0.15, 0.2) is 0 Å². The van der Waals surface area contributed by atoms with E-state index >= 15 is 0 Å². The fourth-order valence-electron chi connectivity index (χ4n) is 1.59. The number of rotatable bonds is 10.